The predicted octanol–water partition coefficient (Wildman–Crippen LogP) is 2.84. The van der Waals surface area contributed by atoms with Gasteiger partial charge in [0.1, 0.15) is 11.4 Å². The number of hydrogen-bond acceptors (Lipinski definition) is 4. The molecule has 0 aliphatic carbocycles. The Hall–Kier alpha value is -2.36. The van der Waals surface area contributed by atoms with E-state index in [0.717, 1.165) is 6.07 Å². The second kappa shape index (κ2) is 5.13. The summed E-state index contributed by atoms with van der Waals surface area (Å²) < 4.78 is 13.9. The van der Waals surface area contributed by atoms with Crippen LogP contribution in [-0.2, 0) is 5.60 Å². The Balaban J connectivity index is 1.83. The fourth-order valence-electron chi connectivity index (χ4n) is 2.50. The smallest absolute Gasteiger partial charge is 0.208 e. The zero-order valence-corrected chi connectivity index (χ0v) is 12.0. The molecule has 2 heterocycles. The first kappa shape index (κ1) is 14.6. The number of aromatic nitrogens is 1. The van der Waals surface area contributed by atoms with Crippen molar-refractivity contribution in [2.75, 3.05) is 18.0 Å². The van der Waals surface area contributed by atoms with Gasteiger partial charge in [0.05, 0.1) is 24.7 Å². The molecule has 0 spiro atoms. The van der Waals surface area contributed by atoms with Gasteiger partial charge < -0.3 is 15.1 Å². The minimum Gasteiger partial charge on any atom is -0.508 e. The van der Waals surface area contributed by atoms with Crippen molar-refractivity contribution in [3.05, 3.63) is 58.3 Å². The Morgan fingerprint density at radius 2 is 2.09 bits per heavy atom. The molecule has 22 heavy (non-hydrogen) atoms. The van der Waals surface area contributed by atoms with E-state index in [1.165, 1.54) is 18.3 Å². The molecule has 0 amide bonds. The highest BCUT2D eigenvalue weighted by Crippen LogP contribution is 2.39. The van der Waals surface area contributed by atoms with Crippen molar-refractivity contribution >= 4 is 23.1 Å². The third-order valence-electron chi connectivity index (χ3n) is 3.59. The standard InChI is InChI=1S/C15H11ClFN3O2/c1-18-9-4-13(17)14(19-6-9)20-7-15(22,8-20)11-3-2-10(21)5-12(11)16/h2-6,21-22H,7-8H2. The van der Waals surface area contributed by atoms with Crippen LogP contribution < -0.4 is 4.90 Å². The lowest BCUT2D eigenvalue weighted by molar-refractivity contribution is 0.00675. The van der Waals surface area contributed by atoms with Crippen molar-refractivity contribution in [3.8, 4) is 5.75 Å². The maximum Gasteiger partial charge on any atom is 0.208 e. The van der Waals surface area contributed by atoms with Crippen LogP contribution in [-0.4, -0.2) is 28.3 Å². The number of β-amino-alcohol motifs (C(OH)–C–C–N with tert-alkyl or cyclic N) is 1. The van der Waals surface area contributed by atoms with Gasteiger partial charge in [0.2, 0.25) is 5.69 Å². The maximum atomic E-state index is 13.9. The Morgan fingerprint density at radius 3 is 2.68 bits per heavy atom. The Kier molecular flexibility index (Phi) is 3.39. The van der Waals surface area contributed by atoms with Gasteiger partial charge >= 0.3 is 0 Å². The van der Waals surface area contributed by atoms with Gasteiger partial charge in [-0.05, 0) is 18.2 Å². The van der Waals surface area contributed by atoms with Crippen LogP contribution >= 0.6 is 11.6 Å². The van der Waals surface area contributed by atoms with Gasteiger partial charge in [-0.1, -0.05) is 17.7 Å². The number of pyridine rings is 1. The molecule has 0 atom stereocenters. The summed E-state index contributed by atoms with van der Waals surface area (Å²) in [7, 11) is 0. The second-order valence-electron chi connectivity index (χ2n) is 5.16. The van der Waals surface area contributed by atoms with Gasteiger partial charge in [0, 0.05) is 11.8 Å². The molecule has 0 saturated carbocycles. The van der Waals surface area contributed by atoms with E-state index in [-0.39, 0.29) is 35.4 Å². The first-order valence-corrected chi connectivity index (χ1v) is 6.80. The molecule has 2 aromatic rings. The summed E-state index contributed by atoms with van der Waals surface area (Å²) in [6, 6.07) is 5.44. The third-order valence-corrected chi connectivity index (χ3v) is 3.91. The molecular formula is C15H11ClFN3O2. The molecule has 0 bridgehead atoms. The number of rotatable bonds is 2. The topological polar surface area (TPSA) is 61.0 Å². The average molecular weight is 320 g/mol. The molecule has 3 rings (SSSR count). The first-order valence-electron chi connectivity index (χ1n) is 6.42. The highest BCUT2D eigenvalue weighted by molar-refractivity contribution is 6.31. The summed E-state index contributed by atoms with van der Waals surface area (Å²) >= 11 is 6.03. The summed E-state index contributed by atoms with van der Waals surface area (Å²) in [6.45, 7) is 7.07. The van der Waals surface area contributed by atoms with E-state index in [4.69, 9.17) is 18.2 Å². The van der Waals surface area contributed by atoms with Crippen LogP contribution in [0.1, 0.15) is 5.56 Å². The Bertz CT molecular complexity index is 785. The van der Waals surface area contributed by atoms with Gasteiger partial charge in [0.15, 0.2) is 11.6 Å². The van der Waals surface area contributed by atoms with Crippen LogP contribution in [0.5, 0.6) is 5.75 Å². The molecule has 1 aromatic carbocycles. The first-order chi connectivity index (χ1) is 10.4. The lowest BCUT2D eigenvalue weighted by atomic mass is 9.86. The number of nitrogens with zero attached hydrogens (tertiary/aromatic N) is 3. The molecule has 1 saturated heterocycles. The van der Waals surface area contributed by atoms with Gasteiger partial charge in [-0.2, -0.15) is 0 Å². The number of halogens is 2. The average Bonchev–Trinajstić information content (AvgIpc) is 2.44. The fraction of sp³-hybridized carbons (Fsp3) is 0.200. The summed E-state index contributed by atoms with van der Waals surface area (Å²) in [4.78, 5) is 8.59. The van der Waals surface area contributed by atoms with E-state index in [2.05, 4.69) is 9.83 Å². The Labute approximate surface area is 131 Å². The maximum absolute atomic E-state index is 13.9. The molecule has 1 aliphatic rings. The summed E-state index contributed by atoms with van der Waals surface area (Å²) in [6.07, 6.45) is 1.29. The minimum atomic E-state index is -1.22. The number of aliphatic hydroxyl groups is 1. The van der Waals surface area contributed by atoms with Crippen LogP contribution in [0.3, 0.4) is 0 Å². The van der Waals surface area contributed by atoms with Crippen molar-refractivity contribution in [2.24, 2.45) is 0 Å². The SMILES string of the molecule is [C-]#[N+]c1cnc(N2CC(O)(c3ccc(O)cc3Cl)C2)c(F)c1. The summed E-state index contributed by atoms with van der Waals surface area (Å²) in [5.41, 5.74) is -0.628. The largest absolute Gasteiger partial charge is 0.508 e. The van der Waals surface area contributed by atoms with Crippen molar-refractivity contribution in [1.29, 1.82) is 0 Å². The van der Waals surface area contributed by atoms with Crippen molar-refractivity contribution in [1.82, 2.24) is 4.98 Å². The van der Waals surface area contributed by atoms with E-state index < -0.39 is 11.4 Å². The van der Waals surface area contributed by atoms with Crippen LogP contribution in [0.4, 0.5) is 15.9 Å². The van der Waals surface area contributed by atoms with Crippen LogP contribution in [0.25, 0.3) is 4.85 Å². The molecule has 0 radical (unpaired) electrons. The zero-order chi connectivity index (χ0) is 15.9. The van der Waals surface area contributed by atoms with Crippen molar-refractivity contribution in [2.45, 2.75) is 5.60 Å². The Morgan fingerprint density at radius 1 is 1.36 bits per heavy atom. The fourth-order valence-corrected chi connectivity index (χ4v) is 2.85. The van der Waals surface area contributed by atoms with Gasteiger partial charge in [0.25, 0.3) is 0 Å². The number of phenols is 1. The van der Waals surface area contributed by atoms with E-state index in [1.807, 2.05) is 0 Å². The zero-order valence-electron chi connectivity index (χ0n) is 11.3. The lowest BCUT2D eigenvalue weighted by Gasteiger charge is -2.47. The van der Waals surface area contributed by atoms with E-state index in [0.29, 0.717) is 5.56 Å². The highest BCUT2D eigenvalue weighted by atomic mass is 35.5. The van der Waals surface area contributed by atoms with Crippen LogP contribution in [0.15, 0.2) is 30.5 Å². The second-order valence-corrected chi connectivity index (χ2v) is 5.57. The van der Waals surface area contributed by atoms with Crippen LogP contribution in [0, 0.1) is 12.4 Å². The molecule has 112 valence electrons. The summed E-state index contributed by atoms with van der Waals surface area (Å²) in [5.74, 6) is -0.504. The predicted molar refractivity (Wildman–Crippen MR) is 79.7 cm³/mol. The number of hydrogen-bond donors (Lipinski definition) is 2. The van der Waals surface area contributed by atoms with Crippen molar-refractivity contribution in [3.63, 3.8) is 0 Å². The molecular weight excluding hydrogens is 309 g/mol. The lowest BCUT2D eigenvalue weighted by Crippen LogP contribution is -2.60. The van der Waals surface area contributed by atoms with Crippen LogP contribution in [0.2, 0.25) is 5.02 Å². The van der Waals surface area contributed by atoms with Gasteiger partial charge in [-0.15, -0.1) is 0 Å². The number of benzene rings is 1. The van der Waals surface area contributed by atoms with Gasteiger partial charge in [-0.25, -0.2) is 14.2 Å². The van der Waals surface area contributed by atoms with E-state index in [1.54, 1.807) is 11.0 Å². The molecule has 7 heteroatoms. The normalized spacial score (nSPS) is 16.0. The van der Waals surface area contributed by atoms with E-state index >= 15 is 0 Å². The molecule has 2 N–H and O–H groups in total. The molecule has 1 fully saturated rings. The van der Waals surface area contributed by atoms with E-state index in [9.17, 15) is 14.6 Å². The molecule has 5 nitrogen and oxygen atoms in total. The molecule has 1 aliphatic heterocycles. The highest BCUT2D eigenvalue weighted by Gasteiger charge is 2.45. The molecule has 1 aromatic heterocycles. The molecule has 0 unspecified atom stereocenters. The number of aromatic hydroxyl groups is 1. The quantitative estimate of drug-likeness (QED) is 0.836. The number of anilines is 1. The van der Waals surface area contributed by atoms with Crippen molar-refractivity contribution < 1.29 is 14.6 Å². The minimum absolute atomic E-state index is 0.0102. The third kappa shape index (κ3) is 2.34. The summed E-state index contributed by atoms with van der Waals surface area (Å²) in [5, 5.41) is 20.2. The number of phenolic OH excluding ortho intramolecular Hbond substituents is 1. The van der Waals surface area contributed by atoms with Gasteiger partial charge in [-0.3, -0.25) is 0 Å². The monoisotopic (exact) mass is 319 g/mol.